The highest BCUT2D eigenvalue weighted by Gasteiger charge is 2.38. The SMILES string of the molecule is NCC1(c2cnn(-c3ccccc3)c2)CCC1. The number of nitrogens with zero attached hydrogens (tertiary/aromatic N) is 2. The van der Waals surface area contributed by atoms with E-state index >= 15 is 0 Å². The first-order valence-corrected chi connectivity index (χ1v) is 6.15. The minimum absolute atomic E-state index is 0.201. The fourth-order valence-electron chi connectivity index (χ4n) is 2.53. The highest BCUT2D eigenvalue weighted by atomic mass is 15.3. The lowest BCUT2D eigenvalue weighted by molar-refractivity contribution is 0.253. The van der Waals surface area contributed by atoms with E-state index in [0.717, 1.165) is 12.2 Å². The molecule has 88 valence electrons. The van der Waals surface area contributed by atoms with Crippen molar-refractivity contribution < 1.29 is 0 Å². The molecule has 0 amide bonds. The highest BCUT2D eigenvalue weighted by molar-refractivity contribution is 5.33. The van der Waals surface area contributed by atoms with E-state index in [2.05, 4.69) is 23.4 Å². The van der Waals surface area contributed by atoms with Crippen molar-refractivity contribution in [3.05, 3.63) is 48.3 Å². The molecule has 0 radical (unpaired) electrons. The lowest BCUT2D eigenvalue weighted by Crippen LogP contribution is -2.41. The molecule has 0 saturated heterocycles. The molecule has 2 aromatic rings. The number of aromatic nitrogens is 2. The number of para-hydroxylation sites is 1. The Kier molecular flexibility index (Phi) is 2.48. The quantitative estimate of drug-likeness (QED) is 0.874. The van der Waals surface area contributed by atoms with Gasteiger partial charge >= 0.3 is 0 Å². The second-order valence-corrected chi connectivity index (χ2v) is 4.85. The van der Waals surface area contributed by atoms with Gasteiger partial charge in [-0.15, -0.1) is 0 Å². The average Bonchev–Trinajstić information content (AvgIpc) is 2.80. The molecule has 0 spiro atoms. The van der Waals surface area contributed by atoms with Crippen molar-refractivity contribution in [3.63, 3.8) is 0 Å². The molecule has 3 nitrogen and oxygen atoms in total. The fourth-order valence-corrected chi connectivity index (χ4v) is 2.53. The zero-order valence-electron chi connectivity index (χ0n) is 9.84. The van der Waals surface area contributed by atoms with Crippen LogP contribution >= 0.6 is 0 Å². The molecule has 1 heterocycles. The van der Waals surface area contributed by atoms with Gasteiger partial charge in [-0.3, -0.25) is 0 Å². The third-order valence-electron chi connectivity index (χ3n) is 3.92. The van der Waals surface area contributed by atoms with E-state index in [4.69, 9.17) is 5.73 Å². The molecule has 17 heavy (non-hydrogen) atoms. The first-order valence-electron chi connectivity index (χ1n) is 6.15. The fraction of sp³-hybridized carbons (Fsp3) is 0.357. The van der Waals surface area contributed by atoms with Gasteiger partial charge in [-0.05, 0) is 30.5 Å². The Balaban J connectivity index is 1.93. The number of nitrogens with two attached hydrogens (primary N) is 1. The van der Waals surface area contributed by atoms with E-state index in [1.807, 2.05) is 29.1 Å². The smallest absolute Gasteiger partial charge is 0.0645 e. The lowest BCUT2D eigenvalue weighted by Gasteiger charge is -2.40. The molecule has 1 aliphatic carbocycles. The van der Waals surface area contributed by atoms with Gasteiger partial charge in [0.15, 0.2) is 0 Å². The number of rotatable bonds is 3. The van der Waals surface area contributed by atoms with Crippen LogP contribution in [0.1, 0.15) is 24.8 Å². The van der Waals surface area contributed by atoms with E-state index in [-0.39, 0.29) is 5.41 Å². The Morgan fingerprint density at radius 1 is 1.24 bits per heavy atom. The number of hydrogen-bond donors (Lipinski definition) is 1. The van der Waals surface area contributed by atoms with Gasteiger partial charge in [-0.1, -0.05) is 24.6 Å². The van der Waals surface area contributed by atoms with Crippen molar-refractivity contribution in [2.75, 3.05) is 6.54 Å². The predicted octanol–water partition coefficient (Wildman–Crippen LogP) is 2.25. The molecule has 1 aliphatic rings. The maximum Gasteiger partial charge on any atom is 0.0645 e. The molecule has 3 heteroatoms. The number of hydrogen-bond acceptors (Lipinski definition) is 2. The van der Waals surface area contributed by atoms with Crippen LogP contribution in [0.2, 0.25) is 0 Å². The summed E-state index contributed by atoms with van der Waals surface area (Å²) in [4.78, 5) is 0. The van der Waals surface area contributed by atoms with Gasteiger partial charge in [0.2, 0.25) is 0 Å². The largest absolute Gasteiger partial charge is 0.330 e. The second-order valence-electron chi connectivity index (χ2n) is 4.85. The normalized spacial score (nSPS) is 17.7. The standard InChI is InChI=1S/C14H17N3/c15-11-14(7-4-8-14)12-9-16-17(10-12)13-5-2-1-3-6-13/h1-3,5-6,9-10H,4,7-8,11,15H2. The molecule has 0 bridgehead atoms. The molecular formula is C14H17N3. The highest BCUT2D eigenvalue weighted by Crippen LogP contribution is 2.42. The lowest BCUT2D eigenvalue weighted by atomic mass is 9.65. The average molecular weight is 227 g/mol. The third kappa shape index (κ3) is 1.67. The van der Waals surface area contributed by atoms with Crippen LogP contribution in [0.5, 0.6) is 0 Å². The van der Waals surface area contributed by atoms with Crippen molar-refractivity contribution in [1.29, 1.82) is 0 Å². The molecule has 1 aromatic carbocycles. The van der Waals surface area contributed by atoms with Gasteiger partial charge in [0.1, 0.15) is 0 Å². The second kappa shape index (κ2) is 4.00. The molecule has 0 unspecified atom stereocenters. The van der Waals surface area contributed by atoms with Gasteiger partial charge in [-0.25, -0.2) is 4.68 Å². The third-order valence-corrected chi connectivity index (χ3v) is 3.92. The van der Waals surface area contributed by atoms with Gasteiger partial charge in [-0.2, -0.15) is 5.10 Å². The summed E-state index contributed by atoms with van der Waals surface area (Å²) < 4.78 is 1.94. The van der Waals surface area contributed by atoms with Crippen molar-refractivity contribution in [2.45, 2.75) is 24.7 Å². The number of benzene rings is 1. The van der Waals surface area contributed by atoms with Gasteiger partial charge in [0.25, 0.3) is 0 Å². The van der Waals surface area contributed by atoms with Crippen molar-refractivity contribution in [2.24, 2.45) is 5.73 Å². The van der Waals surface area contributed by atoms with E-state index in [9.17, 15) is 0 Å². The zero-order chi connectivity index (χ0) is 11.7. The first kappa shape index (κ1) is 10.5. The van der Waals surface area contributed by atoms with Gasteiger partial charge in [0, 0.05) is 18.2 Å². The zero-order valence-corrected chi connectivity index (χ0v) is 9.84. The van der Waals surface area contributed by atoms with Crippen LogP contribution < -0.4 is 5.73 Å². The molecular weight excluding hydrogens is 210 g/mol. The van der Waals surface area contributed by atoms with Crippen LogP contribution in [-0.2, 0) is 5.41 Å². The Morgan fingerprint density at radius 2 is 2.00 bits per heavy atom. The predicted molar refractivity (Wildman–Crippen MR) is 68.1 cm³/mol. The summed E-state index contributed by atoms with van der Waals surface area (Å²) in [5, 5.41) is 4.44. The van der Waals surface area contributed by atoms with E-state index in [1.54, 1.807) is 0 Å². The molecule has 1 aromatic heterocycles. The van der Waals surface area contributed by atoms with Crippen LogP contribution in [0.4, 0.5) is 0 Å². The van der Waals surface area contributed by atoms with E-state index < -0.39 is 0 Å². The minimum Gasteiger partial charge on any atom is -0.330 e. The summed E-state index contributed by atoms with van der Waals surface area (Å²) in [6, 6.07) is 10.2. The molecule has 1 fully saturated rings. The molecule has 3 rings (SSSR count). The van der Waals surface area contributed by atoms with Crippen LogP contribution in [0, 0.1) is 0 Å². The summed E-state index contributed by atoms with van der Waals surface area (Å²) in [5.41, 5.74) is 8.50. The summed E-state index contributed by atoms with van der Waals surface area (Å²) in [5.74, 6) is 0. The van der Waals surface area contributed by atoms with Crippen molar-refractivity contribution in [3.8, 4) is 5.69 Å². The van der Waals surface area contributed by atoms with Crippen LogP contribution in [0.3, 0.4) is 0 Å². The van der Waals surface area contributed by atoms with Crippen molar-refractivity contribution >= 4 is 0 Å². The van der Waals surface area contributed by atoms with E-state index in [1.165, 1.54) is 24.8 Å². The Hall–Kier alpha value is -1.61. The summed E-state index contributed by atoms with van der Waals surface area (Å²) >= 11 is 0. The monoisotopic (exact) mass is 227 g/mol. The Morgan fingerprint density at radius 3 is 2.59 bits per heavy atom. The summed E-state index contributed by atoms with van der Waals surface area (Å²) in [6.07, 6.45) is 7.78. The summed E-state index contributed by atoms with van der Waals surface area (Å²) in [7, 11) is 0. The van der Waals surface area contributed by atoms with Crippen LogP contribution in [-0.4, -0.2) is 16.3 Å². The molecule has 0 aliphatic heterocycles. The molecule has 0 atom stereocenters. The maximum absolute atomic E-state index is 5.91. The molecule has 2 N–H and O–H groups in total. The van der Waals surface area contributed by atoms with Crippen LogP contribution in [0.15, 0.2) is 42.7 Å². The van der Waals surface area contributed by atoms with Crippen LogP contribution in [0.25, 0.3) is 5.69 Å². The van der Waals surface area contributed by atoms with Gasteiger partial charge in [0.05, 0.1) is 11.9 Å². The maximum atomic E-state index is 5.91. The van der Waals surface area contributed by atoms with Crippen molar-refractivity contribution in [1.82, 2.24) is 9.78 Å². The topological polar surface area (TPSA) is 43.8 Å². The Bertz CT molecular complexity index is 492. The minimum atomic E-state index is 0.201. The first-order chi connectivity index (χ1) is 8.34. The summed E-state index contributed by atoms with van der Waals surface area (Å²) in [6.45, 7) is 0.730. The Labute approximate surface area is 101 Å². The molecule has 1 saturated carbocycles. The van der Waals surface area contributed by atoms with Gasteiger partial charge < -0.3 is 5.73 Å². The van der Waals surface area contributed by atoms with E-state index in [0.29, 0.717) is 0 Å².